The third kappa shape index (κ3) is 4.00. The maximum absolute atomic E-state index is 11.8. The summed E-state index contributed by atoms with van der Waals surface area (Å²) >= 11 is 0. The van der Waals surface area contributed by atoms with Crippen molar-refractivity contribution in [2.75, 3.05) is 20.1 Å². The summed E-state index contributed by atoms with van der Waals surface area (Å²) in [5.74, 6) is 0. The minimum absolute atomic E-state index is 0.192. The number of likely N-dealkylation sites (N-methyl/N-ethyl adjacent to an activating group) is 1. The molecule has 1 aliphatic rings. The van der Waals surface area contributed by atoms with E-state index in [1.165, 1.54) is 12.8 Å². The van der Waals surface area contributed by atoms with Gasteiger partial charge in [0.1, 0.15) is 0 Å². The quantitative estimate of drug-likeness (QED) is 0.683. The van der Waals surface area contributed by atoms with Crippen molar-refractivity contribution in [2.45, 2.75) is 38.3 Å². The van der Waals surface area contributed by atoms with Crippen molar-refractivity contribution in [3.63, 3.8) is 0 Å². The first-order valence-corrected chi connectivity index (χ1v) is 4.82. The molecule has 1 rings (SSSR count). The van der Waals surface area contributed by atoms with Gasteiger partial charge in [0.05, 0.1) is 6.54 Å². The molecule has 1 fully saturated rings. The molecule has 0 aromatic heterocycles. The Balaban J connectivity index is 2.05. The zero-order valence-electron chi connectivity index (χ0n) is 8.26. The van der Waals surface area contributed by atoms with Gasteiger partial charge >= 0.3 is 0 Å². The van der Waals surface area contributed by atoms with Gasteiger partial charge in [-0.1, -0.05) is 0 Å². The Labute approximate surface area is 78.3 Å². The van der Waals surface area contributed by atoms with Gasteiger partial charge in [0.15, 0.2) is 0 Å². The van der Waals surface area contributed by atoms with Gasteiger partial charge in [-0.3, -0.25) is 4.90 Å². The monoisotopic (exact) mass is 192 g/mol. The van der Waals surface area contributed by atoms with E-state index in [-0.39, 0.29) is 6.54 Å². The van der Waals surface area contributed by atoms with Gasteiger partial charge in [-0.05, 0) is 26.8 Å². The molecule has 78 valence electrons. The molecule has 1 unspecified atom stereocenters. The number of rotatable bonds is 6. The standard InChI is InChI=1S/C9H18F2N2/c1-7(5-12-6-9(10)11)13(2)8-3-4-8/h7-9,12H,3-6H2,1-2H3. The van der Waals surface area contributed by atoms with E-state index in [1.807, 2.05) is 0 Å². The number of alkyl halides is 2. The summed E-state index contributed by atoms with van der Waals surface area (Å²) in [4.78, 5) is 2.26. The average molecular weight is 192 g/mol. The third-order valence-corrected chi connectivity index (χ3v) is 2.56. The van der Waals surface area contributed by atoms with Crippen molar-refractivity contribution in [2.24, 2.45) is 0 Å². The number of nitrogens with zero attached hydrogens (tertiary/aromatic N) is 1. The van der Waals surface area contributed by atoms with Crippen LogP contribution in [-0.2, 0) is 0 Å². The number of hydrogen-bond donors (Lipinski definition) is 1. The molecule has 1 N–H and O–H groups in total. The number of halogens is 2. The van der Waals surface area contributed by atoms with Crippen LogP contribution in [-0.4, -0.2) is 43.5 Å². The van der Waals surface area contributed by atoms with E-state index < -0.39 is 6.43 Å². The number of nitrogens with one attached hydrogen (secondary N) is 1. The molecule has 0 spiro atoms. The lowest BCUT2D eigenvalue weighted by atomic mass is 10.3. The van der Waals surface area contributed by atoms with Crippen LogP contribution >= 0.6 is 0 Å². The molecule has 1 atom stereocenters. The highest BCUT2D eigenvalue weighted by molar-refractivity contribution is 4.85. The summed E-state index contributed by atoms with van der Waals surface area (Å²) < 4.78 is 23.6. The lowest BCUT2D eigenvalue weighted by molar-refractivity contribution is 0.140. The molecule has 0 radical (unpaired) electrons. The van der Waals surface area contributed by atoms with E-state index in [4.69, 9.17) is 0 Å². The fraction of sp³-hybridized carbons (Fsp3) is 1.00. The Bertz CT molecular complexity index is 149. The smallest absolute Gasteiger partial charge is 0.250 e. The first-order chi connectivity index (χ1) is 6.11. The molecule has 0 aromatic carbocycles. The van der Waals surface area contributed by atoms with Gasteiger partial charge in [-0.25, -0.2) is 8.78 Å². The van der Waals surface area contributed by atoms with Crippen molar-refractivity contribution < 1.29 is 8.78 Å². The van der Waals surface area contributed by atoms with E-state index in [1.54, 1.807) is 0 Å². The molecule has 13 heavy (non-hydrogen) atoms. The summed E-state index contributed by atoms with van der Waals surface area (Å²) in [6.45, 7) is 2.52. The topological polar surface area (TPSA) is 15.3 Å². The third-order valence-electron chi connectivity index (χ3n) is 2.56. The largest absolute Gasteiger partial charge is 0.310 e. The Morgan fingerprint density at radius 1 is 1.38 bits per heavy atom. The van der Waals surface area contributed by atoms with Crippen molar-refractivity contribution in [1.82, 2.24) is 10.2 Å². The van der Waals surface area contributed by atoms with Crippen LogP contribution in [0.4, 0.5) is 8.78 Å². The van der Waals surface area contributed by atoms with Crippen molar-refractivity contribution in [3.8, 4) is 0 Å². The van der Waals surface area contributed by atoms with Crippen molar-refractivity contribution >= 4 is 0 Å². The minimum atomic E-state index is -2.24. The SMILES string of the molecule is CC(CNCC(F)F)N(C)C1CC1. The normalized spacial score (nSPS) is 19.8. The zero-order valence-corrected chi connectivity index (χ0v) is 8.26. The Kier molecular flexibility index (Phi) is 4.06. The molecule has 0 amide bonds. The lowest BCUT2D eigenvalue weighted by Gasteiger charge is -2.24. The highest BCUT2D eigenvalue weighted by Crippen LogP contribution is 2.26. The van der Waals surface area contributed by atoms with E-state index >= 15 is 0 Å². The van der Waals surface area contributed by atoms with Crippen LogP contribution in [0, 0.1) is 0 Å². The number of hydrogen-bond acceptors (Lipinski definition) is 2. The molecule has 0 aromatic rings. The Morgan fingerprint density at radius 2 is 2.00 bits per heavy atom. The molecule has 1 aliphatic carbocycles. The fourth-order valence-corrected chi connectivity index (χ4v) is 1.39. The van der Waals surface area contributed by atoms with Crippen LogP contribution in [0.5, 0.6) is 0 Å². The predicted molar refractivity (Wildman–Crippen MR) is 49.1 cm³/mol. The minimum Gasteiger partial charge on any atom is -0.310 e. The summed E-state index contributed by atoms with van der Waals surface area (Å²) in [6, 6.07) is 1.05. The Morgan fingerprint density at radius 3 is 2.46 bits per heavy atom. The molecule has 0 heterocycles. The second kappa shape index (κ2) is 4.86. The van der Waals surface area contributed by atoms with E-state index in [0.29, 0.717) is 18.6 Å². The molecular weight excluding hydrogens is 174 g/mol. The van der Waals surface area contributed by atoms with Gasteiger partial charge < -0.3 is 5.32 Å². The predicted octanol–water partition coefficient (Wildman–Crippen LogP) is 1.32. The van der Waals surface area contributed by atoms with Gasteiger partial charge in [-0.15, -0.1) is 0 Å². The molecule has 4 heteroatoms. The van der Waals surface area contributed by atoms with Gasteiger partial charge in [-0.2, -0.15) is 0 Å². The van der Waals surface area contributed by atoms with Crippen LogP contribution in [0.15, 0.2) is 0 Å². The van der Waals surface area contributed by atoms with Crippen LogP contribution < -0.4 is 5.32 Å². The van der Waals surface area contributed by atoms with Crippen LogP contribution in [0.2, 0.25) is 0 Å². The van der Waals surface area contributed by atoms with E-state index in [2.05, 4.69) is 24.2 Å². The van der Waals surface area contributed by atoms with Gasteiger partial charge in [0.2, 0.25) is 0 Å². The maximum atomic E-state index is 11.8. The average Bonchev–Trinajstić information content (AvgIpc) is 2.84. The van der Waals surface area contributed by atoms with Crippen molar-refractivity contribution in [3.05, 3.63) is 0 Å². The molecule has 0 bridgehead atoms. The maximum Gasteiger partial charge on any atom is 0.250 e. The molecular formula is C9H18F2N2. The second-order valence-corrected chi connectivity index (χ2v) is 3.79. The lowest BCUT2D eigenvalue weighted by Crippen LogP contribution is -2.40. The van der Waals surface area contributed by atoms with Crippen LogP contribution in [0.3, 0.4) is 0 Å². The summed E-state index contributed by atoms with van der Waals surface area (Å²) in [7, 11) is 2.06. The highest BCUT2D eigenvalue weighted by atomic mass is 19.3. The van der Waals surface area contributed by atoms with Crippen LogP contribution in [0.1, 0.15) is 19.8 Å². The summed E-state index contributed by atoms with van der Waals surface area (Å²) in [5, 5.41) is 2.76. The molecule has 0 saturated heterocycles. The summed E-state index contributed by atoms with van der Waals surface area (Å²) in [6.07, 6.45) is 0.282. The highest BCUT2D eigenvalue weighted by Gasteiger charge is 2.28. The van der Waals surface area contributed by atoms with E-state index in [9.17, 15) is 8.78 Å². The first kappa shape index (κ1) is 10.9. The van der Waals surface area contributed by atoms with Gasteiger partial charge in [0.25, 0.3) is 6.43 Å². The summed E-state index contributed by atoms with van der Waals surface area (Å²) in [5.41, 5.74) is 0. The van der Waals surface area contributed by atoms with Gasteiger partial charge in [0, 0.05) is 18.6 Å². The zero-order chi connectivity index (χ0) is 9.84. The van der Waals surface area contributed by atoms with Crippen LogP contribution in [0.25, 0.3) is 0 Å². The first-order valence-electron chi connectivity index (χ1n) is 4.82. The molecule has 0 aliphatic heterocycles. The van der Waals surface area contributed by atoms with E-state index in [0.717, 1.165) is 0 Å². The molecule has 1 saturated carbocycles. The fourth-order valence-electron chi connectivity index (χ4n) is 1.39. The molecule has 2 nitrogen and oxygen atoms in total. The van der Waals surface area contributed by atoms with Crippen molar-refractivity contribution in [1.29, 1.82) is 0 Å². The Hall–Kier alpha value is -0.220. The second-order valence-electron chi connectivity index (χ2n) is 3.79.